The Labute approximate surface area is 221 Å². The predicted octanol–water partition coefficient (Wildman–Crippen LogP) is 5.91. The number of halogens is 6. The molecule has 1 saturated heterocycles. The summed E-state index contributed by atoms with van der Waals surface area (Å²) in [7, 11) is 0. The summed E-state index contributed by atoms with van der Waals surface area (Å²) in [5, 5.41) is 13.6. The standard InChI is InChI=1S/C23H18F6N6OS2/c24-22(25,26)14-9-13(10-15(11-14)23(27,28)29)17-6-4-5-16(30-17)12-18-20(36)35(21(37)38-18)8-3-1-2-7-19-31-33-34-32-19/h4-6,9-12H,1-3,7-8H2,(H,31,32,33,34). The maximum absolute atomic E-state index is 13.3. The van der Waals surface area contributed by atoms with Gasteiger partial charge in [0.05, 0.1) is 27.4 Å². The summed E-state index contributed by atoms with van der Waals surface area (Å²) in [6, 6.07) is 5.51. The van der Waals surface area contributed by atoms with Crippen molar-refractivity contribution in [3.63, 3.8) is 0 Å². The molecule has 0 bridgehead atoms. The molecule has 2 aromatic heterocycles. The SMILES string of the molecule is O=C1C(=Cc2cccc(-c3cc(C(F)(F)F)cc(C(F)(F)F)c3)n2)SC(=S)N1CCCCCc1nn[nH]n1. The Kier molecular flexibility index (Phi) is 8.16. The Morgan fingerprint density at radius 1 is 1.00 bits per heavy atom. The van der Waals surface area contributed by atoms with Gasteiger partial charge >= 0.3 is 12.4 Å². The summed E-state index contributed by atoms with van der Waals surface area (Å²) >= 11 is 6.37. The number of thiocarbonyl (C=S) groups is 1. The molecule has 38 heavy (non-hydrogen) atoms. The van der Waals surface area contributed by atoms with Crippen molar-refractivity contribution in [2.24, 2.45) is 0 Å². The molecule has 0 saturated carbocycles. The molecular weight excluding hydrogens is 554 g/mol. The molecule has 15 heteroatoms. The van der Waals surface area contributed by atoms with Gasteiger partial charge in [-0.2, -0.15) is 31.6 Å². The number of unbranched alkanes of at least 4 members (excludes halogenated alkanes) is 2. The first kappa shape index (κ1) is 27.7. The molecule has 0 spiro atoms. The zero-order chi connectivity index (χ0) is 27.5. The highest BCUT2D eigenvalue weighted by molar-refractivity contribution is 8.26. The van der Waals surface area contributed by atoms with Gasteiger partial charge in [-0.05, 0) is 49.2 Å². The van der Waals surface area contributed by atoms with Gasteiger partial charge in [0, 0.05) is 18.5 Å². The van der Waals surface area contributed by atoms with E-state index in [1.807, 2.05) is 0 Å². The summed E-state index contributed by atoms with van der Waals surface area (Å²) in [6.07, 6.45) is -5.62. The number of tetrazole rings is 1. The van der Waals surface area contributed by atoms with E-state index in [1.54, 1.807) is 0 Å². The lowest BCUT2D eigenvalue weighted by Gasteiger charge is -2.14. The minimum atomic E-state index is -4.98. The van der Waals surface area contributed by atoms with Crippen LogP contribution in [0.4, 0.5) is 26.3 Å². The van der Waals surface area contributed by atoms with Crippen LogP contribution in [0.15, 0.2) is 41.3 Å². The lowest BCUT2D eigenvalue weighted by atomic mass is 10.0. The van der Waals surface area contributed by atoms with Gasteiger partial charge in [0.25, 0.3) is 5.91 Å². The number of aromatic nitrogens is 5. The molecule has 0 radical (unpaired) electrons. The van der Waals surface area contributed by atoms with Crippen molar-refractivity contribution in [3.05, 3.63) is 63.9 Å². The zero-order valence-corrected chi connectivity index (χ0v) is 20.9. The Morgan fingerprint density at radius 3 is 2.34 bits per heavy atom. The Morgan fingerprint density at radius 2 is 1.71 bits per heavy atom. The molecule has 7 nitrogen and oxygen atoms in total. The Hall–Kier alpha value is -3.33. The number of hydrogen-bond acceptors (Lipinski definition) is 7. The third kappa shape index (κ3) is 6.75. The van der Waals surface area contributed by atoms with Crippen LogP contribution in [0.25, 0.3) is 17.3 Å². The van der Waals surface area contributed by atoms with Crippen LogP contribution in [0.2, 0.25) is 0 Å². The molecule has 1 aliphatic heterocycles. The van der Waals surface area contributed by atoms with Crippen LogP contribution in [0.3, 0.4) is 0 Å². The number of aryl methyl sites for hydroxylation is 1. The van der Waals surface area contributed by atoms with E-state index in [0.29, 0.717) is 41.7 Å². The second-order valence-electron chi connectivity index (χ2n) is 8.21. The molecule has 3 heterocycles. The van der Waals surface area contributed by atoms with Crippen LogP contribution < -0.4 is 0 Å². The van der Waals surface area contributed by atoms with Gasteiger partial charge in [-0.15, -0.1) is 10.2 Å². The average molecular weight is 573 g/mol. The summed E-state index contributed by atoms with van der Waals surface area (Å²) < 4.78 is 79.9. The topological polar surface area (TPSA) is 87.7 Å². The van der Waals surface area contributed by atoms with Gasteiger partial charge in [-0.3, -0.25) is 9.69 Å². The second kappa shape index (κ2) is 11.2. The van der Waals surface area contributed by atoms with Gasteiger partial charge in [-0.1, -0.05) is 41.7 Å². The van der Waals surface area contributed by atoms with Crippen LogP contribution in [-0.4, -0.2) is 47.3 Å². The second-order valence-corrected chi connectivity index (χ2v) is 9.89. The number of rotatable bonds is 8. The van der Waals surface area contributed by atoms with Crippen molar-refractivity contribution in [3.8, 4) is 11.3 Å². The van der Waals surface area contributed by atoms with Gasteiger partial charge < -0.3 is 0 Å². The van der Waals surface area contributed by atoms with Crippen LogP contribution in [-0.2, 0) is 23.6 Å². The number of benzene rings is 1. The minimum absolute atomic E-state index is 0.0595. The number of aromatic amines is 1. The maximum Gasteiger partial charge on any atom is 0.416 e. The molecule has 0 atom stereocenters. The van der Waals surface area contributed by atoms with Gasteiger partial charge in [-0.25, -0.2) is 4.98 Å². The highest BCUT2D eigenvalue weighted by Gasteiger charge is 2.37. The molecule has 1 aliphatic rings. The summed E-state index contributed by atoms with van der Waals surface area (Å²) in [6.45, 7) is 0.395. The highest BCUT2D eigenvalue weighted by Crippen LogP contribution is 2.38. The predicted molar refractivity (Wildman–Crippen MR) is 131 cm³/mol. The number of thioether (sulfide) groups is 1. The Bertz CT molecular complexity index is 1320. The average Bonchev–Trinajstić information content (AvgIpc) is 3.46. The van der Waals surface area contributed by atoms with Crippen molar-refractivity contribution in [2.75, 3.05) is 6.54 Å². The number of alkyl halides is 6. The number of nitrogens with one attached hydrogen (secondary N) is 1. The first-order valence-electron chi connectivity index (χ1n) is 11.2. The molecule has 1 fully saturated rings. The lowest BCUT2D eigenvalue weighted by Crippen LogP contribution is -2.29. The van der Waals surface area contributed by atoms with E-state index in [9.17, 15) is 31.1 Å². The van der Waals surface area contributed by atoms with Gasteiger partial charge in [0.1, 0.15) is 4.32 Å². The summed E-state index contributed by atoms with van der Waals surface area (Å²) in [5.41, 5.74) is -3.14. The van der Waals surface area contributed by atoms with E-state index >= 15 is 0 Å². The number of nitrogens with zero attached hydrogens (tertiary/aromatic N) is 5. The molecule has 1 amide bonds. The van der Waals surface area contributed by atoms with Crippen LogP contribution in [0, 0.1) is 0 Å². The number of pyridine rings is 1. The first-order valence-corrected chi connectivity index (χ1v) is 12.4. The molecule has 0 unspecified atom stereocenters. The van der Waals surface area contributed by atoms with Gasteiger partial charge in [0.15, 0.2) is 5.82 Å². The molecule has 4 rings (SSSR count). The normalized spacial score (nSPS) is 15.6. The Balaban J connectivity index is 1.48. The maximum atomic E-state index is 13.3. The number of H-pyrrole nitrogens is 1. The van der Waals surface area contributed by atoms with Crippen LogP contribution in [0.1, 0.15) is 41.9 Å². The number of amides is 1. The molecule has 200 valence electrons. The van der Waals surface area contributed by atoms with Crippen LogP contribution in [0.5, 0.6) is 0 Å². The third-order valence-corrected chi connectivity index (χ3v) is 6.86. The van der Waals surface area contributed by atoms with E-state index in [-0.39, 0.29) is 33.8 Å². The highest BCUT2D eigenvalue weighted by atomic mass is 32.2. The van der Waals surface area contributed by atoms with Crippen molar-refractivity contribution < 1.29 is 31.1 Å². The molecule has 1 N–H and O–H groups in total. The van der Waals surface area contributed by atoms with Crippen molar-refractivity contribution in [2.45, 2.75) is 38.0 Å². The van der Waals surface area contributed by atoms with E-state index in [4.69, 9.17) is 12.2 Å². The van der Waals surface area contributed by atoms with Gasteiger partial charge in [0.2, 0.25) is 0 Å². The molecule has 3 aromatic rings. The minimum Gasteiger partial charge on any atom is -0.293 e. The zero-order valence-electron chi connectivity index (χ0n) is 19.3. The third-order valence-electron chi connectivity index (χ3n) is 5.48. The summed E-state index contributed by atoms with van der Waals surface area (Å²) in [5.74, 6) is 0.261. The van der Waals surface area contributed by atoms with Crippen molar-refractivity contribution in [1.82, 2.24) is 30.5 Å². The van der Waals surface area contributed by atoms with Crippen molar-refractivity contribution >= 4 is 40.3 Å². The molecule has 1 aromatic carbocycles. The largest absolute Gasteiger partial charge is 0.416 e. The van der Waals surface area contributed by atoms with Crippen LogP contribution >= 0.6 is 24.0 Å². The fourth-order valence-electron chi connectivity index (χ4n) is 3.64. The fraction of sp³-hybridized carbons (Fsp3) is 0.304. The number of carbonyl (C=O) groups is 1. The monoisotopic (exact) mass is 572 g/mol. The summed E-state index contributed by atoms with van der Waals surface area (Å²) in [4.78, 5) is 18.8. The smallest absolute Gasteiger partial charge is 0.293 e. The number of carbonyl (C=O) groups excluding carboxylic acids is 1. The number of hydrogen-bond donors (Lipinski definition) is 1. The van der Waals surface area contributed by atoms with E-state index in [1.165, 1.54) is 29.2 Å². The van der Waals surface area contributed by atoms with E-state index < -0.39 is 23.5 Å². The first-order chi connectivity index (χ1) is 17.9. The molecule has 0 aliphatic carbocycles. The quantitative estimate of drug-likeness (QED) is 0.155. The fourth-order valence-corrected chi connectivity index (χ4v) is 4.93. The van der Waals surface area contributed by atoms with E-state index in [2.05, 4.69) is 25.6 Å². The lowest BCUT2D eigenvalue weighted by molar-refractivity contribution is -0.143. The van der Waals surface area contributed by atoms with Crippen molar-refractivity contribution in [1.29, 1.82) is 0 Å². The van der Waals surface area contributed by atoms with E-state index in [0.717, 1.165) is 24.6 Å². The molecular formula is C23H18F6N6OS2.